The minimum atomic E-state index is -0.279. The fraction of sp³-hybridized carbons (Fsp3) is 0.200. The van der Waals surface area contributed by atoms with Crippen LogP contribution in [-0.4, -0.2) is 17.4 Å². The molecule has 0 fully saturated rings. The highest BCUT2D eigenvalue weighted by molar-refractivity contribution is 6.36. The fourth-order valence-electron chi connectivity index (χ4n) is 1.91. The predicted octanol–water partition coefficient (Wildman–Crippen LogP) is 3.07. The Labute approximate surface area is 127 Å². The molecule has 2 N–H and O–H groups in total. The molecule has 2 rings (SSSR count). The van der Waals surface area contributed by atoms with Crippen molar-refractivity contribution in [3.8, 4) is 6.07 Å². The van der Waals surface area contributed by atoms with E-state index in [0.29, 0.717) is 23.6 Å². The summed E-state index contributed by atoms with van der Waals surface area (Å²) in [5.74, 6) is 0.361. The number of nitrogen functional groups attached to an aromatic ring is 1. The van der Waals surface area contributed by atoms with Crippen LogP contribution >= 0.6 is 11.6 Å². The molecule has 108 valence electrons. The maximum atomic E-state index is 12.6. The van der Waals surface area contributed by atoms with Crippen molar-refractivity contribution in [1.29, 1.82) is 5.26 Å². The summed E-state index contributed by atoms with van der Waals surface area (Å²) in [6.45, 7) is 0.569. The zero-order valence-electron chi connectivity index (χ0n) is 11.3. The maximum absolute atomic E-state index is 12.6. The van der Waals surface area contributed by atoms with E-state index in [-0.39, 0.29) is 23.9 Å². The monoisotopic (exact) mass is 303 g/mol. The Morgan fingerprint density at radius 3 is 2.86 bits per heavy atom. The third kappa shape index (κ3) is 3.56. The van der Waals surface area contributed by atoms with Crippen LogP contribution in [0.15, 0.2) is 41.0 Å². The van der Waals surface area contributed by atoms with Crippen LogP contribution in [0.2, 0.25) is 5.02 Å². The van der Waals surface area contributed by atoms with Crippen LogP contribution in [0.5, 0.6) is 0 Å². The second-order valence-corrected chi connectivity index (χ2v) is 4.80. The highest BCUT2D eigenvalue weighted by Gasteiger charge is 2.20. The summed E-state index contributed by atoms with van der Waals surface area (Å²) in [6, 6.07) is 10.5. The van der Waals surface area contributed by atoms with E-state index >= 15 is 0 Å². The van der Waals surface area contributed by atoms with Crippen LogP contribution in [0.1, 0.15) is 22.5 Å². The summed E-state index contributed by atoms with van der Waals surface area (Å²) >= 11 is 6.09. The lowest BCUT2D eigenvalue weighted by Crippen LogP contribution is -2.31. The van der Waals surface area contributed by atoms with Crippen molar-refractivity contribution < 1.29 is 9.21 Å². The molecule has 0 bridgehead atoms. The average molecular weight is 304 g/mol. The van der Waals surface area contributed by atoms with Gasteiger partial charge in [0, 0.05) is 6.54 Å². The molecule has 0 aliphatic rings. The number of carbonyl (C=O) groups excluding carboxylic acids is 1. The largest absolute Gasteiger partial charge is 0.467 e. The second kappa shape index (κ2) is 6.82. The molecule has 5 nitrogen and oxygen atoms in total. The van der Waals surface area contributed by atoms with Gasteiger partial charge in [-0.1, -0.05) is 17.7 Å². The first-order valence-corrected chi connectivity index (χ1v) is 6.74. The molecule has 6 heteroatoms. The van der Waals surface area contributed by atoms with Crippen molar-refractivity contribution in [1.82, 2.24) is 4.90 Å². The molecule has 0 aliphatic carbocycles. The van der Waals surface area contributed by atoms with Gasteiger partial charge in [-0.2, -0.15) is 5.26 Å². The SMILES string of the molecule is N#CCCN(Cc1ccco1)C(=O)c1cccc(N)c1Cl. The van der Waals surface area contributed by atoms with Gasteiger partial charge < -0.3 is 15.1 Å². The van der Waals surface area contributed by atoms with Gasteiger partial charge in [-0.15, -0.1) is 0 Å². The Morgan fingerprint density at radius 1 is 1.38 bits per heavy atom. The first-order chi connectivity index (χ1) is 10.1. The molecule has 0 spiro atoms. The van der Waals surface area contributed by atoms with E-state index in [1.165, 1.54) is 11.2 Å². The Bertz CT molecular complexity index is 662. The summed E-state index contributed by atoms with van der Waals surface area (Å²) in [6.07, 6.45) is 1.77. The van der Waals surface area contributed by atoms with E-state index < -0.39 is 0 Å². The number of benzene rings is 1. The number of rotatable bonds is 5. The average Bonchev–Trinajstić information content (AvgIpc) is 2.98. The minimum absolute atomic E-state index is 0.226. The molecule has 0 saturated heterocycles. The molecular formula is C15H14ClN3O2. The fourth-order valence-corrected chi connectivity index (χ4v) is 2.12. The molecule has 0 saturated carbocycles. The molecular weight excluding hydrogens is 290 g/mol. The molecule has 2 aromatic rings. The summed E-state index contributed by atoms with van der Waals surface area (Å²) in [4.78, 5) is 14.1. The van der Waals surface area contributed by atoms with Crippen molar-refractivity contribution in [3.63, 3.8) is 0 Å². The lowest BCUT2D eigenvalue weighted by molar-refractivity contribution is 0.0735. The Kier molecular flexibility index (Phi) is 4.85. The number of hydrogen-bond acceptors (Lipinski definition) is 4. The first-order valence-electron chi connectivity index (χ1n) is 6.36. The van der Waals surface area contributed by atoms with Gasteiger partial charge in [-0.3, -0.25) is 4.79 Å². The molecule has 1 amide bonds. The van der Waals surface area contributed by atoms with Gasteiger partial charge in [0.05, 0.1) is 41.6 Å². The van der Waals surface area contributed by atoms with Crippen LogP contribution in [0, 0.1) is 11.3 Å². The van der Waals surface area contributed by atoms with Gasteiger partial charge in [0.15, 0.2) is 0 Å². The highest BCUT2D eigenvalue weighted by atomic mass is 35.5. The number of nitrogens with zero attached hydrogens (tertiary/aromatic N) is 2. The third-order valence-electron chi connectivity index (χ3n) is 2.97. The van der Waals surface area contributed by atoms with Gasteiger partial charge in [0.25, 0.3) is 5.91 Å². The Hall–Kier alpha value is -2.45. The van der Waals surface area contributed by atoms with E-state index in [2.05, 4.69) is 0 Å². The lowest BCUT2D eigenvalue weighted by Gasteiger charge is -2.21. The quantitative estimate of drug-likeness (QED) is 0.860. The topological polar surface area (TPSA) is 83.3 Å². The van der Waals surface area contributed by atoms with Crippen molar-refractivity contribution >= 4 is 23.2 Å². The first kappa shape index (κ1) is 14.9. The van der Waals surface area contributed by atoms with Crippen LogP contribution in [0.3, 0.4) is 0 Å². The number of hydrogen-bond donors (Lipinski definition) is 1. The van der Waals surface area contributed by atoms with Gasteiger partial charge in [0.1, 0.15) is 5.76 Å². The maximum Gasteiger partial charge on any atom is 0.255 e. The van der Waals surface area contributed by atoms with Crippen LogP contribution < -0.4 is 5.73 Å². The molecule has 0 atom stereocenters. The van der Waals surface area contributed by atoms with E-state index in [0.717, 1.165) is 0 Å². The van der Waals surface area contributed by atoms with Gasteiger partial charge in [-0.05, 0) is 24.3 Å². The van der Waals surface area contributed by atoms with Gasteiger partial charge in [0.2, 0.25) is 0 Å². The number of carbonyl (C=O) groups is 1. The number of anilines is 1. The molecule has 1 heterocycles. The molecule has 1 aromatic carbocycles. The number of halogens is 1. The van der Waals surface area contributed by atoms with Crippen LogP contribution in [0.4, 0.5) is 5.69 Å². The van der Waals surface area contributed by atoms with Crippen molar-refractivity contribution in [2.45, 2.75) is 13.0 Å². The second-order valence-electron chi connectivity index (χ2n) is 4.42. The number of nitriles is 1. The number of nitrogens with two attached hydrogens (primary N) is 1. The molecule has 0 radical (unpaired) electrons. The summed E-state index contributed by atoms with van der Waals surface area (Å²) in [5, 5.41) is 8.96. The summed E-state index contributed by atoms with van der Waals surface area (Å²) in [5.41, 5.74) is 6.39. The predicted molar refractivity (Wildman–Crippen MR) is 79.5 cm³/mol. The summed E-state index contributed by atoms with van der Waals surface area (Å²) in [7, 11) is 0. The van der Waals surface area contributed by atoms with E-state index in [1.807, 2.05) is 6.07 Å². The summed E-state index contributed by atoms with van der Waals surface area (Å²) < 4.78 is 5.25. The molecule has 1 aromatic heterocycles. The standard InChI is InChI=1S/C15H14ClN3O2/c16-14-12(5-1-6-13(14)18)15(20)19(8-3-7-17)10-11-4-2-9-21-11/h1-2,4-6,9H,3,8,10,18H2. The van der Waals surface area contributed by atoms with Gasteiger partial charge >= 0.3 is 0 Å². The number of amides is 1. The van der Waals surface area contributed by atoms with Crippen molar-refractivity contribution in [2.75, 3.05) is 12.3 Å². The molecule has 21 heavy (non-hydrogen) atoms. The van der Waals surface area contributed by atoms with E-state index in [1.54, 1.807) is 30.3 Å². The van der Waals surface area contributed by atoms with Crippen LogP contribution in [-0.2, 0) is 6.54 Å². The number of furan rings is 1. The Morgan fingerprint density at radius 2 is 2.19 bits per heavy atom. The lowest BCUT2D eigenvalue weighted by atomic mass is 10.1. The van der Waals surface area contributed by atoms with Crippen molar-refractivity contribution in [2.24, 2.45) is 0 Å². The third-order valence-corrected chi connectivity index (χ3v) is 3.39. The molecule has 0 unspecified atom stereocenters. The van der Waals surface area contributed by atoms with E-state index in [9.17, 15) is 4.79 Å². The van der Waals surface area contributed by atoms with Crippen molar-refractivity contribution in [3.05, 3.63) is 52.9 Å². The molecule has 0 aliphatic heterocycles. The van der Waals surface area contributed by atoms with Gasteiger partial charge in [-0.25, -0.2) is 0 Å². The normalized spacial score (nSPS) is 10.1. The van der Waals surface area contributed by atoms with E-state index in [4.69, 9.17) is 27.0 Å². The minimum Gasteiger partial charge on any atom is -0.467 e. The zero-order valence-corrected chi connectivity index (χ0v) is 12.0. The zero-order chi connectivity index (χ0) is 15.2. The highest BCUT2D eigenvalue weighted by Crippen LogP contribution is 2.25. The van der Waals surface area contributed by atoms with Crippen LogP contribution in [0.25, 0.3) is 0 Å². The Balaban J connectivity index is 2.25. The smallest absolute Gasteiger partial charge is 0.255 e.